The first-order valence-corrected chi connectivity index (χ1v) is 7.51. The van der Waals surface area contributed by atoms with E-state index in [1.807, 2.05) is 34.7 Å². The molecule has 1 saturated heterocycles. The summed E-state index contributed by atoms with van der Waals surface area (Å²) in [5.74, 6) is 0.696. The molecule has 2 rings (SSSR count). The molecule has 0 amide bonds. The third-order valence-electron chi connectivity index (χ3n) is 3.71. The largest absolute Gasteiger partial charge is 0.367 e. The number of nitrogens with two attached hydrogens (primary N) is 1. The fourth-order valence-corrected chi connectivity index (χ4v) is 3.33. The lowest BCUT2D eigenvalue weighted by molar-refractivity contribution is -0.385. The molecule has 1 aliphatic rings. The summed E-state index contributed by atoms with van der Waals surface area (Å²) < 4.78 is 0.675. The van der Waals surface area contributed by atoms with Gasteiger partial charge in [-0.3, -0.25) is 10.1 Å². The average Bonchev–Trinajstić information content (AvgIpc) is 2.37. The molecule has 2 atom stereocenters. The third-order valence-corrected chi connectivity index (χ3v) is 4.57. The van der Waals surface area contributed by atoms with E-state index < -0.39 is 0 Å². The second-order valence-corrected chi connectivity index (χ2v) is 6.27. The molecule has 5 nitrogen and oxygen atoms in total. The van der Waals surface area contributed by atoms with Gasteiger partial charge in [0, 0.05) is 30.9 Å². The summed E-state index contributed by atoms with van der Waals surface area (Å²) in [4.78, 5) is 12.8. The number of halogens is 1. The number of nitro groups is 1. The Balaban J connectivity index is 2.26. The zero-order valence-corrected chi connectivity index (χ0v) is 13.0. The minimum absolute atomic E-state index is 0.166. The van der Waals surface area contributed by atoms with E-state index in [4.69, 9.17) is 5.73 Å². The standard InChI is InChI=1S/C13H18IN3O2/c1-9-4-5-16(11(6-9)8-15)10-2-3-13(17(18)19)12(14)7-10/h2-3,7,9,11H,4-6,8,15H2,1H3. The van der Waals surface area contributed by atoms with Gasteiger partial charge in [0.15, 0.2) is 0 Å². The third kappa shape index (κ3) is 3.17. The van der Waals surface area contributed by atoms with Crippen LogP contribution >= 0.6 is 22.6 Å². The first kappa shape index (κ1) is 14.5. The smallest absolute Gasteiger partial charge is 0.282 e. The SMILES string of the molecule is CC1CCN(c2ccc([N+](=O)[O-])c(I)c2)C(CN)C1. The van der Waals surface area contributed by atoms with Crippen molar-refractivity contribution in [3.63, 3.8) is 0 Å². The van der Waals surface area contributed by atoms with Crippen LogP contribution < -0.4 is 10.6 Å². The van der Waals surface area contributed by atoms with Crippen molar-refractivity contribution in [2.24, 2.45) is 11.7 Å². The van der Waals surface area contributed by atoms with Gasteiger partial charge in [-0.15, -0.1) is 0 Å². The van der Waals surface area contributed by atoms with Gasteiger partial charge in [-0.2, -0.15) is 0 Å². The van der Waals surface area contributed by atoms with E-state index in [0.717, 1.165) is 25.1 Å². The van der Waals surface area contributed by atoms with Crippen molar-refractivity contribution in [3.05, 3.63) is 31.9 Å². The number of nitrogens with zero attached hydrogens (tertiary/aromatic N) is 2. The van der Waals surface area contributed by atoms with E-state index in [2.05, 4.69) is 11.8 Å². The number of hydrogen-bond acceptors (Lipinski definition) is 4. The molecule has 0 aliphatic carbocycles. The zero-order chi connectivity index (χ0) is 14.0. The molecule has 6 heteroatoms. The van der Waals surface area contributed by atoms with Crippen LogP contribution in [0.4, 0.5) is 11.4 Å². The molecule has 0 spiro atoms. The number of anilines is 1. The Morgan fingerprint density at radius 2 is 2.32 bits per heavy atom. The summed E-state index contributed by atoms with van der Waals surface area (Å²) in [5.41, 5.74) is 7.06. The van der Waals surface area contributed by atoms with E-state index in [9.17, 15) is 10.1 Å². The molecular weight excluding hydrogens is 357 g/mol. The summed E-state index contributed by atoms with van der Waals surface area (Å²) in [6.45, 7) is 3.84. The van der Waals surface area contributed by atoms with E-state index in [1.54, 1.807) is 6.07 Å². The molecule has 0 saturated carbocycles. The highest BCUT2D eigenvalue weighted by Crippen LogP contribution is 2.31. The highest BCUT2D eigenvalue weighted by Gasteiger charge is 2.26. The Bertz CT molecular complexity index is 481. The normalized spacial score (nSPS) is 23.4. The van der Waals surface area contributed by atoms with Crippen LogP contribution in [0.15, 0.2) is 18.2 Å². The minimum atomic E-state index is -0.343. The van der Waals surface area contributed by atoms with Gasteiger partial charge in [0.25, 0.3) is 5.69 Å². The summed E-state index contributed by atoms with van der Waals surface area (Å²) >= 11 is 2.02. The van der Waals surface area contributed by atoms with Gasteiger partial charge < -0.3 is 10.6 Å². The van der Waals surface area contributed by atoms with Crippen molar-refractivity contribution in [2.45, 2.75) is 25.8 Å². The predicted molar refractivity (Wildman–Crippen MR) is 84.4 cm³/mol. The molecular formula is C13H18IN3O2. The fourth-order valence-electron chi connectivity index (χ4n) is 2.64. The van der Waals surface area contributed by atoms with Crippen LogP contribution in [0.3, 0.4) is 0 Å². The van der Waals surface area contributed by atoms with Crippen molar-refractivity contribution >= 4 is 34.0 Å². The maximum atomic E-state index is 10.8. The number of rotatable bonds is 3. The van der Waals surface area contributed by atoms with Crippen LogP contribution in [0.1, 0.15) is 19.8 Å². The van der Waals surface area contributed by atoms with E-state index >= 15 is 0 Å². The molecule has 1 aromatic rings. The van der Waals surface area contributed by atoms with Gasteiger partial charge >= 0.3 is 0 Å². The van der Waals surface area contributed by atoms with Gasteiger partial charge in [-0.25, -0.2) is 0 Å². The molecule has 104 valence electrons. The molecule has 2 unspecified atom stereocenters. The van der Waals surface area contributed by atoms with Crippen LogP contribution in [0.2, 0.25) is 0 Å². The Morgan fingerprint density at radius 1 is 1.58 bits per heavy atom. The molecule has 1 heterocycles. The van der Waals surface area contributed by atoms with Crippen LogP contribution in [0.5, 0.6) is 0 Å². The van der Waals surface area contributed by atoms with Crippen LogP contribution in [0, 0.1) is 19.6 Å². The van der Waals surface area contributed by atoms with Gasteiger partial charge in [-0.1, -0.05) is 6.92 Å². The molecule has 0 aromatic heterocycles. The molecule has 1 fully saturated rings. The number of nitro benzene ring substituents is 1. The molecule has 19 heavy (non-hydrogen) atoms. The number of hydrogen-bond donors (Lipinski definition) is 1. The zero-order valence-electron chi connectivity index (χ0n) is 10.9. The highest BCUT2D eigenvalue weighted by molar-refractivity contribution is 14.1. The van der Waals surface area contributed by atoms with Crippen molar-refractivity contribution < 1.29 is 4.92 Å². The van der Waals surface area contributed by atoms with Gasteiger partial charge in [0.2, 0.25) is 0 Å². The Labute approximate surface area is 126 Å². The molecule has 1 aromatic carbocycles. The maximum Gasteiger partial charge on any atom is 0.282 e. The summed E-state index contributed by atoms with van der Waals surface area (Å²) in [7, 11) is 0. The predicted octanol–water partition coefficient (Wildman–Crippen LogP) is 2.76. The Morgan fingerprint density at radius 3 is 2.89 bits per heavy atom. The first-order chi connectivity index (χ1) is 9.02. The van der Waals surface area contributed by atoms with Crippen molar-refractivity contribution in [1.82, 2.24) is 0 Å². The summed E-state index contributed by atoms with van der Waals surface area (Å²) in [5, 5.41) is 10.8. The van der Waals surface area contributed by atoms with Crippen LogP contribution in [0.25, 0.3) is 0 Å². The first-order valence-electron chi connectivity index (χ1n) is 6.43. The lowest BCUT2D eigenvalue weighted by atomic mass is 9.92. The number of piperidine rings is 1. The van der Waals surface area contributed by atoms with E-state index in [1.165, 1.54) is 0 Å². The molecule has 2 N–H and O–H groups in total. The number of benzene rings is 1. The quantitative estimate of drug-likeness (QED) is 0.501. The topological polar surface area (TPSA) is 72.4 Å². The second-order valence-electron chi connectivity index (χ2n) is 5.11. The average molecular weight is 375 g/mol. The minimum Gasteiger partial charge on any atom is -0.367 e. The fraction of sp³-hybridized carbons (Fsp3) is 0.538. The maximum absolute atomic E-state index is 10.8. The van der Waals surface area contributed by atoms with Crippen molar-refractivity contribution in [2.75, 3.05) is 18.0 Å². The second kappa shape index (κ2) is 6.04. The van der Waals surface area contributed by atoms with Crippen LogP contribution in [-0.2, 0) is 0 Å². The lowest BCUT2D eigenvalue weighted by Gasteiger charge is -2.39. The Hall–Kier alpha value is -0.890. The summed E-state index contributed by atoms with van der Waals surface area (Å²) in [6, 6.07) is 5.64. The monoisotopic (exact) mass is 375 g/mol. The Kier molecular flexibility index (Phi) is 4.62. The molecule has 1 aliphatic heterocycles. The van der Waals surface area contributed by atoms with E-state index in [-0.39, 0.29) is 10.6 Å². The van der Waals surface area contributed by atoms with Crippen molar-refractivity contribution in [1.29, 1.82) is 0 Å². The van der Waals surface area contributed by atoms with Gasteiger partial charge in [0.1, 0.15) is 0 Å². The lowest BCUT2D eigenvalue weighted by Crippen LogP contribution is -2.46. The summed E-state index contributed by atoms with van der Waals surface area (Å²) in [6.07, 6.45) is 2.23. The van der Waals surface area contributed by atoms with Crippen molar-refractivity contribution in [3.8, 4) is 0 Å². The van der Waals surface area contributed by atoms with Gasteiger partial charge in [-0.05, 0) is 53.5 Å². The van der Waals surface area contributed by atoms with Gasteiger partial charge in [0.05, 0.1) is 8.49 Å². The molecule has 0 bridgehead atoms. The van der Waals surface area contributed by atoms with Crippen LogP contribution in [-0.4, -0.2) is 24.1 Å². The van der Waals surface area contributed by atoms with E-state index in [0.29, 0.717) is 22.1 Å². The molecule has 0 radical (unpaired) electrons. The highest BCUT2D eigenvalue weighted by atomic mass is 127.